The van der Waals surface area contributed by atoms with Crippen molar-refractivity contribution in [3.8, 4) is 16.3 Å². The predicted molar refractivity (Wildman–Crippen MR) is 129 cm³/mol. The zero-order chi connectivity index (χ0) is 23.3. The van der Waals surface area contributed by atoms with Crippen LogP contribution in [0.25, 0.3) is 10.6 Å². The fourth-order valence-electron chi connectivity index (χ4n) is 3.40. The van der Waals surface area contributed by atoms with Gasteiger partial charge in [0.25, 0.3) is 0 Å². The molecule has 0 spiro atoms. The Bertz CT molecular complexity index is 1050. The maximum atomic E-state index is 11.3. The number of aliphatic carboxylic acids is 1. The summed E-state index contributed by atoms with van der Waals surface area (Å²) in [7, 11) is 0. The van der Waals surface area contributed by atoms with Crippen molar-refractivity contribution in [1.82, 2.24) is 4.98 Å². The number of ether oxygens (including phenoxy) is 2. The number of aromatic nitrogens is 1. The van der Waals surface area contributed by atoms with Crippen molar-refractivity contribution >= 4 is 17.3 Å². The quantitative estimate of drug-likeness (QED) is 0.429. The molecule has 1 N–H and O–H groups in total. The number of benzene rings is 2. The molecule has 0 aliphatic rings. The van der Waals surface area contributed by atoms with Crippen molar-refractivity contribution < 1.29 is 19.4 Å². The van der Waals surface area contributed by atoms with E-state index in [9.17, 15) is 9.90 Å². The normalized spacial score (nSPS) is 12.5. The van der Waals surface area contributed by atoms with Crippen LogP contribution in [0.1, 0.15) is 50.1 Å². The van der Waals surface area contributed by atoms with Gasteiger partial charge in [0.2, 0.25) is 0 Å². The van der Waals surface area contributed by atoms with Gasteiger partial charge in [-0.3, -0.25) is 0 Å². The zero-order valence-electron chi connectivity index (χ0n) is 19.3. The van der Waals surface area contributed by atoms with Gasteiger partial charge in [-0.2, -0.15) is 0 Å². The van der Waals surface area contributed by atoms with E-state index in [0.29, 0.717) is 19.6 Å². The fourth-order valence-corrected chi connectivity index (χ4v) is 4.21. The fraction of sp³-hybridized carbons (Fsp3) is 0.385. The molecule has 3 aromatic rings. The molecule has 1 atom stereocenters. The summed E-state index contributed by atoms with van der Waals surface area (Å²) in [5, 5.41) is 12.3. The Kier molecular flexibility index (Phi) is 7.69. The van der Waals surface area contributed by atoms with Crippen molar-refractivity contribution in [3.05, 3.63) is 70.2 Å². The SMILES string of the molecule is CCOC(Cc1ccc(OCc2csc(-c3ccc(C(C)(C)C)cc3)n2)c(C)c1)C(=O)O. The Labute approximate surface area is 194 Å². The van der Waals surface area contributed by atoms with E-state index in [1.54, 1.807) is 18.3 Å². The Morgan fingerprint density at radius 1 is 1.16 bits per heavy atom. The number of carboxylic acids is 1. The van der Waals surface area contributed by atoms with E-state index in [1.807, 2.05) is 30.5 Å². The van der Waals surface area contributed by atoms with Crippen LogP contribution in [0.15, 0.2) is 47.8 Å². The molecular formula is C26H31NO4S. The van der Waals surface area contributed by atoms with E-state index in [1.165, 1.54) is 5.56 Å². The smallest absolute Gasteiger partial charge is 0.333 e. The molecule has 6 heteroatoms. The van der Waals surface area contributed by atoms with Gasteiger partial charge < -0.3 is 14.6 Å². The summed E-state index contributed by atoms with van der Waals surface area (Å²) < 4.78 is 11.3. The van der Waals surface area contributed by atoms with Crippen molar-refractivity contribution in [2.75, 3.05) is 6.61 Å². The van der Waals surface area contributed by atoms with Gasteiger partial charge in [0.05, 0.1) is 5.69 Å². The molecule has 0 amide bonds. The average Bonchev–Trinajstić information content (AvgIpc) is 3.21. The first kappa shape index (κ1) is 24.0. The summed E-state index contributed by atoms with van der Waals surface area (Å²) in [5.41, 5.74) is 5.29. The summed E-state index contributed by atoms with van der Waals surface area (Å²) >= 11 is 1.61. The third kappa shape index (κ3) is 6.17. The minimum absolute atomic E-state index is 0.130. The minimum Gasteiger partial charge on any atom is -0.487 e. The highest BCUT2D eigenvalue weighted by molar-refractivity contribution is 7.13. The first-order valence-corrected chi connectivity index (χ1v) is 11.7. The molecule has 0 fully saturated rings. The van der Waals surface area contributed by atoms with Crippen LogP contribution in [0.3, 0.4) is 0 Å². The topological polar surface area (TPSA) is 68.7 Å². The molecule has 1 aromatic heterocycles. The summed E-state index contributed by atoms with van der Waals surface area (Å²) in [5.74, 6) is -0.182. The molecule has 0 aliphatic heterocycles. The standard InChI is InChI=1S/C26H31NO4S/c1-6-30-23(25(28)29)14-18-7-12-22(17(2)13-18)31-15-21-16-32-24(27-21)19-8-10-20(11-9-19)26(3,4)5/h7-13,16,23H,6,14-15H2,1-5H3,(H,28,29). The molecule has 0 saturated heterocycles. The van der Waals surface area contributed by atoms with Crippen LogP contribution < -0.4 is 4.74 Å². The predicted octanol–water partition coefficient (Wildman–Crippen LogP) is 6.03. The molecule has 3 rings (SSSR count). The number of thiazole rings is 1. The van der Waals surface area contributed by atoms with Gasteiger partial charge in [0.1, 0.15) is 17.4 Å². The number of hydrogen-bond donors (Lipinski definition) is 1. The van der Waals surface area contributed by atoms with E-state index < -0.39 is 12.1 Å². The number of rotatable bonds is 9. The third-order valence-corrected chi connectivity index (χ3v) is 6.17. The molecule has 1 heterocycles. The Balaban J connectivity index is 1.62. The molecule has 1 unspecified atom stereocenters. The van der Waals surface area contributed by atoms with E-state index in [4.69, 9.17) is 14.5 Å². The largest absolute Gasteiger partial charge is 0.487 e. The van der Waals surface area contributed by atoms with Crippen LogP contribution in [0.2, 0.25) is 0 Å². The highest BCUT2D eigenvalue weighted by atomic mass is 32.1. The van der Waals surface area contributed by atoms with Crippen molar-refractivity contribution in [3.63, 3.8) is 0 Å². The first-order chi connectivity index (χ1) is 15.2. The van der Waals surface area contributed by atoms with Crippen LogP contribution >= 0.6 is 11.3 Å². The van der Waals surface area contributed by atoms with Gasteiger partial charge in [0.15, 0.2) is 6.10 Å². The van der Waals surface area contributed by atoms with E-state index >= 15 is 0 Å². The van der Waals surface area contributed by atoms with E-state index in [0.717, 1.165) is 33.1 Å². The highest BCUT2D eigenvalue weighted by Gasteiger charge is 2.18. The van der Waals surface area contributed by atoms with Gasteiger partial charge >= 0.3 is 5.97 Å². The van der Waals surface area contributed by atoms with Crippen LogP contribution in [-0.4, -0.2) is 28.8 Å². The Morgan fingerprint density at radius 2 is 1.88 bits per heavy atom. The van der Waals surface area contributed by atoms with Gasteiger partial charge in [-0.25, -0.2) is 9.78 Å². The lowest BCUT2D eigenvalue weighted by Gasteiger charge is -2.18. The maximum Gasteiger partial charge on any atom is 0.333 e. The first-order valence-electron chi connectivity index (χ1n) is 10.8. The summed E-state index contributed by atoms with van der Waals surface area (Å²) in [6, 6.07) is 14.3. The van der Waals surface area contributed by atoms with Crippen LogP contribution in [0.5, 0.6) is 5.75 Å². The summed E-state index contributed by atoms with van der Waals surface area (Å²) in [6.45, 7) is 11.1. The maximum absolute atomic E-state index is 11.3. The zero-order valence-corrected chi connectivity index (χ0v) is 20.2. The van der Waals surface area contributed by atoms with Gasteiger partial charge in [-0.05, 0) is 42.0 Å². The number of hydrogen-bond acceptors (Lipinski definition) is 5. The number of nitrogens with zero attached hydrogens (tertiary/aromatic N) is 1. The molecule has 0 bridgehead atoms. The molecule has 0 saturated carbocycles. The molecule has 0 aliphatic carbocycles. The number of aryl methyl sites for hydroxylation is 1. The molecule has 170 valence electrons. The van der Waals surface area contributed by atoms with Gasteiger partial charge in [-0.15, -0.1) is 11.3 Å². The van der Waals surface area contributed by atoms with Crippen molar-refractivity contribution in [2.45, 2.75) is 59.2 Å². The average molecular weight is 454 g/mol. The Hall–Kier alpha value is -2.70. The van der Waals surface area contributed by atoms with Crippen molar-refractivity contribution in [1.29, 1.82) is 0 Å². The monoisotopic (exact) mass is 453 g/mol. The Morgan fingerprint density at radius 3 is 2.47 bits per heavy atom. The van der Waals surface area contributed by atoms with E-state index in [2.05, 4.69) is 45.0 Å². The van der Waals surface area contributed by atoms with Crippen LogP contribution in [0.4, 0.5) is 0 Å². The molecule has 2 aromatic carbocycles. The summed E-state index contributed by atoms with van der Waals surface area (Å²) in [4.78, 5) is 16.0. The van der Waals surface area contributed by atoms with Gasteiger partial charge in [-0.1, -0.05) is 57.2 Å². The van der Waals surface area contributed by atoms with Crippen molar-refractivity contribution in [2.24, 2.45) is 0 Å². The van der Waals surface area contributed by atoms with Gasteiger partial charge in [0, 0.05) is 24.0 Å². The van der Waals surface area contributed by atoms with E-state index in [-0.39, 0.29) is 5.41 Å². The molecular weight excluding hydrogens is 422 g/mol. The van der Waals surface area contributed by atoms with Crippen LogP contribution in [0, 0.1) is 6.92 Å². The lowest BCUT2D eigenvalue weighted by Crippen LogP contribution is -2.26. The molecule has 0 radical (unpaired) electrons. The lowest BCUT2D eigenvalue weighted by molar-refractivity contribution is -0.149. The minimum atomic E-state index is -0.947. The second-order valence-electron chi connectivity index (χ2n) is 8.85. The second kappa shape index (κ2) is 10.3. The third-order valence-electron chi connectivity index (χ3n) is 5.23. The summed E-state index contributed by atoms with van der Waals surface area (Å²) in [6.07, 6.45) is -0.509. The van der Waals surface area contributed by atoms with Crippen LogP contribution in [-0.2, 0) is 28.0 Å². The molecule has 32 heavy (non-hydrogen) atoms. The highest BCUT2D eigenvalue weighted by Crippen LogP contribution is 2.29. The lowest BCUT2D eigenvalue weighted by atomic mass is 9.87. The molecule has 5 nitrogen and oxygen atoms in total. The second-order valence-corrected chi connectivity index (χ2v) is 9.70. The number of carbonyl (C=O) groups is 1. The number of carboxylic acid groups (broad SMARTS) is 1.